The molecule has 0 aromatic rings. The summed E-state index contributed by atoms with van der Waals surface area (Å²) in [6.07, 6.45) is 10.7. The number of hydrogen-bond acceptors (Lipinski definition) is 0. The van der Waals surface area contributed by atoms with Crippen LogP contribution in [0.4, 0.5) is 0 Å². The highest BCUT2D eigenvalue weighted by Gasteiger charge is 2.49. The molecule has 0 amide bonds. The first-order valence-corrected chi connectivity index (χ1v) is 12.2. The van der Waals surface area contributed by atoms with Crippen molar-refractivity contribution in [2.75, 3.05) is 0 Å². The van der Waals surface area contributed by atoms with Crippen molar-refractivity contribution in [1.29, 1.82) is 0 Å². The molecule has 0 aliphatic heterocycles. The standard InChI is InChI=1S/C18H30.2C5H12/c1-11-9-17-13(3)15-7-5-6-8-16(15)14(4)18(17)10-12(11)2;2*1-5(2,3)4/h5-6,11-18H,7-10H2,1-4H3;2*1-4H3. The minimum atomic E-state index is 0.500. The molecule has 0 aromatic carbocycles. The third kappa shape index (κ3) is 8.62. The molecule has 3 rings (SSSR count). The van der Waals surface area contributed by atoms with Gasteiger partial charge in [0.05, 0.1) is 0 Å². The van der Waals surface area contributed by atoms with Gasteiger partial charge in [0.15, 0.2) is 0 Å². The highest BCUT2D eigenvalue weighted by atomic mass is 14.5. The SMILES string of the molecule is CC(C)(C)C.CC(C)(C)C.CC1CC2C(C)C3CC=CCC3C(C)C2CC1C. The second-order valence-corrected chi connectivity index (χ2v) is 13.7. The molecule has 0 bridgehead atoms. The fourth-order valence-corrected chi connectivity index (χ4v) is 5.58. The zero-order valence-electron chi connectivity index (χ0n) is 21.6. The van der Waals surface area contributed by atoms with E-state index in [0.29, 0.717) is 10.8 Å². The largest absolute Gasteiger partial charge is 0.0882 e. The maximum absolute atomic E-state index is 2.57. The Morgan fingerprint density at radius 2 is 0.750 bits per heavy atom. The summed E-state index contributed by atoms with van der Waals surface area (Å²) in [6.45, 7) is 27.6. The molecule has 3 aliphatic carbocycles. The Morgan fingerprint density at radius 1 is 0.500 bits per heavy atom. The Morgan fingerprint density at radius 3 is 1.00 bits per heavy atom. The van der Waals surface area contributed by atoms with Crippen molar-refractivity contribution in [3.05, 3.63) is 12.2 Å². The summed E-state index contributed by atoms with van der Waals surface area (Å²) < 4.78 is 0. The molecule has 0 spiro atoms. The van der Waals surface area contributed by atoms with Crippen LogP contribution in [0.15, 0.2) is 12.2 Å². The zero-order chi connectivity index (χ0) is 21.9. The van der Waals surface area contributed by atoms with Gasteiger partial charge in [0.1, 0.15) is 0 Å². The minimum absolute atomic E-state index is 0.500. The van der Waals surface area contributed by atoms with Gasteiger partial charge >= 0.3 is 0 Å². The van der Waals surface area contributed by atoms with Crippen LogP contribution in [0.2, 0.25) is 0 Å². The minimum Gasteiger partial charge on any atom is -0.0882 e. The molecule has 2 saturated carbocycles. The van der Waals surface area contributed by atoms with Crippen LogP contribution in [0, 0.1) is 58.2 Å². The second kappa shape index (κ2) is 10.2. The lowest BCUT2D eigenvalue weighted by Gasteiger charge is -2.55. The predicted molar refractivity (Wildman–Crippen MR) is 128 cm³/mol. The summed E-state index contributed by atoms with van der Waals surface area (Å²) >= 11 is 0. The van der Waals surface area contributed by atoms with Crippen molar-refractivity contribution in [2.45, 2.75) is 109 Å². The molecule has 8 unspecified atom stereocenters. The van der Waals surface area contributed by atoms with Crippen molar-refractivity contribution in [3.63, 3.8) is 0 Å². The topological polar surface area (TPSA) is 0 Å². The highest BCUT2D eigenvalue weighted by molar-refractivity contribution is 5.04. The van der Waals surface area contributed by atoms with E-state index in [1.807, 2.05) is 0 Å². The van der Waals surface area contributed by atoms with Crippen molar-refractivity contribution < 1.29 is 0 Å². The Bertz CT molecular complexity index is 415. The van der Waals surface area contributed by atoms with Crippen LogP contribution >= 0.6 is 0 Å². The van der Waals surface area contributed by atoms with Gasteiger partial charge in [-0.25, -0.2) is 0 Å². The van der Waals surface area contributed by atoms with E-state index in [-0.39, 0.29) is 0 Å². The fraction of sp³-hybridized carbons (Fsp3) is 0.929. The zero-order valence-corrected chi connectivity index (χ0v) is 21.6. The van der Waals surface area contributed by atoms with Crippen molar-refractivity contribution in [3.8, 4) is 0 Å². The molecule has 0 saturated heterocycles. The van der Waals surface area contributed by atoms with E-state index in [2.05, 4.69) is 95.2 Å². The maximum Gasteiger partial charge on any atom is -0.0317 e. The van der Waals surface area contributed by atoms with Gasteiger partial charge < -0.3 is 0 Å². The lowest BCUT2D eigenvalue weighted by atomic mass is 9.50. The molecule has 0 nitrogen and oxygen atoms in total. The van der Waals surface area contributed by atoms with Gasteiger partial charge in [-0.2, -0.15) is 0 Å². The van der Waals surface area contributed by atoms with E-state index < -0.39 is 0 Å². The Kier molecular flexibility index (Phi) is 9.36. The fourth-order valence-electron chi connectivity index (χ4n) is 5.58. The van der Waals surface area contributed by atoms with Crippen LogP contribution in [0.25, 0.3) is 0 Å². The van der Waals surface area contributed by atoms with E-state index in [0.717, 1.165) is 47.3 Å². The van der Waals surface area contributed by atoms with Crippen LogP contribution in [0.1, 0.15) is 109 Å². The van der Waals surface area contributed by atoms with E-state index >= 15 is 0 Å². The summed E-state index contributed by atoms with van der Waals surface area (Å²) in [4.78, 5) is 0. The van der Waals surface area contributed by atoms with Gasteiger partial charge in [0, 0.05) is 0 Å². The first-order valence-electron chi connectivity index (χ1n) is 12.2. The Balaban J connectivity index is 0.000000329. The lowest BCUT2D eigenvalue weighted by molar-refractivity contribution is -0.0545. The first kappa shape index (κ1) is 25.8. The third-order valence-corrected chi connectivity index (χ3v) is 7.04. The molecule has 166 valence electrons. The van der Waals surface area contributed by atoms with E-state index in [1.165, 1.54) is 25.7 Å². The molecule has 0 heterocycles. The molecular formula is C28H54. The summed E-state index contributed by atoms with van der Waals surface area (Å²) in [7, 11) is 0. The van der Waals surface area contributed by atoms with E-state index in [1.54, 1.807) is 0 Å². The number of hydrogen-bond donors (Lipinski definition) is 0. The quantitative estimate of drug-likeness (QED) is 0.361. The van der Waals surface area contributed by atoms with Crippen LogP contribution in [-0.4, -0.2) is 0 Å². The molecule has 0 radical (unpaired) electrons. The van der Waals surface area contributed by atoms with Crippen LogP contribution < -0.4 is 0 Å². The van der Waals surface area contributed by atoms with Gasteiger partial charge in [0.2, 0.25) is 0 Å². The first-order chi connectivity index (χ1) is 12.6. The van der Waals surface area contributed by atoms with E-state index in [4.69, 9.17) is 0 Å². The van der Waals surface area contributed by atoms with Crippen LogP contribution in [0.5, 0.6) is 0 Å². The molecule has 0 heteroatoms. The molecule has 28 heavy (non-hydrogen) atoms. The smallest absolute Gasteiger partial charge is 0.0317 e. The Hall–Kier alpha value is -0.260. The summed E-state index contributed by atoms with van der Waals surface area (Å²) in [5, 5.41) is 0. The van der Waals surface area contributed by atoms with Gasteiger partial charge in [-0.1, -0.05) is 95.2 Å². The number of allylic oxidation sites excluding steroid dienone is 2. The molecule has 3 aliphatic rings. The van der Waals surface area contributed by atoms with Crippen molar-refractivity contribution >= 4 is 0 Å². The van der Waals surface area contributed by atoms with Crippen LogP contribution in [0.3, 0.4) is 0 Å². The number of fused-ring (bicyclic) bond motifs is 2. The maximum atomic E-state index is 2.57. The van der Waals surface area contributed by atoms with Gasteiger partial charge in [-0.3, -0.25) is 0 Å². The summed E-state index contributed by atoms with van der Waals surface area (Å²) in [6, 6.07) is 0. The molecular weight excluding hydrogens is 336 g/mol. The van der Waals surface area contributed by atoms with Gasteiger partial charge in [-0.05, 0) is 83.9 Å². The number of rotatable bonds is 0. The monoisotopic (exact) mass is 390 g/mol. The molecule has 2 fully saturated rings. The average Bonchev–Trinajstić information content (AvgIpc) is 2.51. The molecule has 0 N–H and O–H groups in total. The highest BCUT2D eigenvalue weighted by Crippen LogP contribution is 2.56. The summed E-state index contributed by atoms with van der Waals surface area (Å²) in [5.41, 5.74) is 1.00. The van der Waals surface area contributed by atoms with E-state index in [9.17, 15) is 0 Å². The Labute approximate surface area is 179 Å². The summed E-state index contributed by atoms with van der Waals surface area (Å²) in [5.74, 6) is 7.89. The molecule has 8 atom stereocenters. The molecule has 0 aromatic heterocycles. The van der Waals surface area contributed by atoms with Gasteiger partial charge in [0.25, 0.3) is 0 Å². The second-order valence-electron chi connectivity index (χ2n) is 13.7. The predicted octanol–water partition coefficient (Wildman–Crippen LogP) is 9.26. The van der Waals surface area contributed by atoms with Crippen molar-refractivity contribution in [2.24, 2.45) is 58.2 Å². The normalized spacial score (nSPS) is 40.1. The van der Waals surface area contributed by atoms with Gasteiger partial charge in [-0.15, -0.1) is 0 Å². The third-order valence-electron chi connectivity index (χ3n) is 7.04. The average molecular weight is 391 g/mol. The van der Waals surface area contributed by atoms with Crippen molar-refractivity contribution in [1.82, 2.24) is 0 Å². The van der Waals surface area contributed by atoms with Crippen LogP contribution in [-0.2, 0) is 0 Å². The lowest BCUT2D eigenvalue weighted by Crippen LogP contribution is -2.48.